The lowest BCUT2D eigenvalue weighted by Gasteiger charge is -2.33. The fraction of sp³-hybridized carbons (Fsp3) is 0.522. The number of imidazole rings is 1. The van der Waals surface area contributed by atoms with Crippen LogP contribution in [0.1, 0.15) is 37.6 Å². The standard InChI is InChI=1S/C23H30N4O2/c1-3-21-24-10-13-26(21)15-18-8-11-25(12-9-18)23(29)19-14-22(28)27(16-19)20-6-4-17(2)5-7-20/h4-7,10,13,18-19H,3,8-9,11-12,14-16H2,1-2H3. The fourth-order valence-electron chi connectivity index (χ4n) is 4.54. The Hall–Kier alpha value is -2.63. The molecule has 0 N–H and O–H groups in total. The van der Waals surface area contributed by atoms with Crippen LogP contribution >= 0.6 is 0 Å². The Morgan fingerprint density at radius 3 is 2.59 bits per heavy atom. The summed E-state index contributed by atoms with van der Waals surface area (Å²) in [5.74, 6) is 1.68. The van der Waals surface area contributed by atoms with Gasteiger partial charge in [-0.3, -0.25) is 9.59 Å². The van der Waals surface area contributed by atoms with E-state index < -0.39 is 0 Å². The van der Waals surface area contributed by atoms with Crippen molar-refractivity contribution in [2.45, 2.75) is 46.1 Å². The highest BCUT2D eigenvalue weighted by Gasteiger charge is 2.38. The lowest BCUT2D eigenvalue weighted by atomic mass is 9.95. The minimum atomic E-state index is -0.222. The van der Waals surface area contributed by atoms with E-state index in [9.17, 15) is 9.59 Å². The Labute approximate surface area is 172 Å². The highest BCUT2D eigenvalue weighted by molar-refractivity contribution is 6.00. The number of hydrogen-bond donors (Lipinski definition) is 0. The lowest BCUT2D eigenvalue weighted by Crippen LogP contribution is -2.43. The molecule has 2 amide bonds. The smallest absolute Gasteiger partial charge is 0.228 e. The van der Waals surface area contributed by atoms with Gasteiger partial charge >= 0.3 is 0 Å². The van der Waals surface area contributed by atoms with Gasteiger partial charge in [0.15, 0.2) is 0 Å². The van der Waals surface area contributed by atoms with Crippen molar-refractivity contribution in [3.05, 3.63) is 48.0 Å². The summed E-state index contributed by atoms with van der Waals surface area (Å²) in [4.78, 5) is 33.7. The number of likely N-dealkylation sites (tertiary alicyclic amines) is 1. The van der Waals surface area contributed by atoms with Gasteiger partial charge in [-0.1, -0.05) is 24.6 Å². The zero-order valence-electron chi connectivity index (χ0n) is 17.4. The Morgan fingerprint density at radius 2 is 1.90 bits per heavy atom. The average Bonchev–Trinajstić information content (AvgIpc) is 3.35. The molecule has 0 radical (unpaired) electrons. The van der Waals surface area contributed by atoms with Crippen LogP contribution in [0.2, 0.25) is 0 Å². The van der Waals surface area contributed by atoms with Crippen LogP contribution in [0.25, 0.3) is 0 Å². The third-order valence-electron chi connectivity index (χ3n) is 6.32. The van der Waals surface area contributed by atoms with Crippen molar-refractivity contribution in [1.29, 1.82) is 0 Å². The van der Waals surface area contributed by atoms with Gasteiger partial charge in [0.05, 0.1) is 5.92 Å². The lowest BCUT2D eigenvalue weighted by molar-refractivity contribution is -0.137. The van der Waals surface area contributed by atoms with Gasteiger partial charge in [-0.25, -0.2) is 4.98 Å². The van der Waals surface area contributed by atoms with E-state index in [4.69, 9.17) is 0 Å². The quantitative estimate of drug-likeness (QED) is 0.783. The largest absolute Gasteiger partial charge is 0.342 e. The molecule has 0 spiro atoms. The molecule has 2 aliphatic heterocycles. The van der Waals surface area contributed by atoms with E-state index in [1.807, 2.05) is 42.3 Å². The molecule has 3 heterocycles. The molecule has 2 aromatic rings. The van der Waals surface area contributed by atoms with E-state index in [2.05, 4.69) is 22.7 Å². The van der Waals surface area contributed by atoms with Crippen molar-refractivity contribution >= 4 is 17.5 Å². The van der Waals surface area contributed by atoms with Crippen LogP contribution in [-0.4, -0.2) is 45.9 Å². The first kappa shape index (κ1) is 19.7. The number of amides is 2. The number of hydrogen-bond acceptors (Lipinski definition) is 3. The molecule has 0 saturated carbocycles. The number of anilines is 1. The van der Waals surface area contributed by atoms with Gasteiger partial charge in [0.2, 0.25) is 11.8 Å². The van der Waals surface area contributed by atoms with E-state index in [-0.39, 0.29) is 17.7 Å². The van der Waals surface area contributed by atoms with E-state index in [0.29, 0.717) is 18.9 Å². The SMILES string of the molecule is CCc1nccn1CC1CCN(C(=O)C2CC(=O)N(c3ccc(C)cc3)C2)CC1. The highest BCUT2D eigenvalue weighted by atomic mass is 16.2. The first-order valence-electron chi connectivity index (χ1n) is 10.7. The van der Waals surface area contributed by atoms with Crippen LogP contribution in [0.5, 0.6) is 0 Å². The maximum Gasteiger partial charge on any atom is 0.228 e. The molecular formula is C23H30N4O2. The van der Waals surface area contributed by atoms with Crippen LogP contribution in [0, 0.1) is 18.8 Å². The monoisotopic (exact) mass is 394 g/mol. The van der Waals surface area contributed by atoms with Gasteiger partial charge in [0.25, 0.3) is 0 Å². The Morgan fingerprint density at radius 1 is 1.17 bits per heavy atom. The first-order valence-corrected chi connectivity index (χ1v) is 10.7. The highest BCUT2D eigenvalue weighted by Crippen LogP contribution is 2.28. The average molecular weight is 395 g/mol. The van der Waals surface area contributed by atoms with Gasteiger partial charge in [-0.15, -0.1) is 0 Å². The molecule has 1 aromatic carbocycles. The van der Waals surface area contributed by atoms with Crippen LogP contribution in [0.4, 0.5) is 5.69 Å². The predicted octanol–water partition coefficient (Wildman–Crippen LogP) is 3.05. The number of benzene rings is 1. The molecule has 0 aliphatic carbocycles. The second-order valence-corrected chi connectivity index (χ2v) is 8.36. The molecule has 2 fully saturated rings. The summed E-state index contributed by atoms with van der Waals surface area (Å²) in [7, 11) is 0. The summed E-state index contributed by atoms with van der Waals surface area (Å²) < 4.78 is 2.25. The van der Waals surface area contributed by atoms with Crippen LogP contribution < -0.4 is 4.90 Å². The van der Waals surface area contributed by atoms with Gasteiger partial charge in [0.1, 0.15) is 5.82 Å². The topological polar surface area (TPSA) is 58.4 Å². The summed E-state index contributed by atoms with van der Waals surface area (Å²) in [6.45, 7) is 7.21. The maximum atomic E-state index is 13.0. The van der Waals surface area contributed by atoms with Crippen LogP contribution in [0.15, 0.2) is 36.7 Å². The summed E-state index contributed by atoms with van der Waals surface area (Å²) in [6, 6.07) is 7.94. The molecule has 2 aliphatic rings. The molecule has 4 rings (SSSR count). The number of piperidine rings is 1. The van der Waals surface area contributed by atoms with E-state index >= 15 is 0 Å². The molecule has 154 valence electrons. The molecule has 2 saturated heterocycles. The van der Waals surface area contributed by atoms with Crippen molar-refractivity contribution in [2.75, 3.05) is 24.5 Å². The van der Waals surface area contributed by atoms with Crippen LogP contribution in [-0.2, 0) is 22.6 Å². The van der Waals surface area contributed by atoms with Crippen molar-refractivity contribution in [3.63, 3.8) is 0 Å². The predicted molar refractivity (Wildman–Crippen MR) is 113 cm³/mol. The van der Waals surface area contributed by atoms with Gasteiger partial charge < -0.3 is 14.4 Å². The molecule has 1 aromatic heterocycles. The van der Waals surface area contributed by atoms with Crippen molar-refractivity contribution < 1.29 is 9.59 Å². The number of aromatic nitrogens is 2. The number of aryl methyl sites for hydroxylation is 2. The van der Waals surface area contributed by atoms with Gasteiger partial charge in [-0.05, 0) is 37.8 Å². The third kappa shape index (κ3) is 4.21. The number of carbonyl (C=O) groups excluding carboxylic acids is 2. The maximum absolute atomic E-state index is 13.0. The first-order chi connectivity index (χ1) is 14.0. The zero-order valence-corrected chi connectivity index (χ0v) is 17.4. The van der Waals surface area contributed by atoms with Crippen molar-refractivity contribution in [1.82, 2.24) is 14.5 Å². The van der Waals surface area contributed by atoms with Crippen LogP contribution in [0.3, 0.4) is 0 Å². The van der Waals surface area contributed by atoms with E-state index in [0.717, 1.165) is 56.0 Å². The second kappa shape index (κ2) is 8.39. The molecule has 6 nitrogen and oxygen atoms in total. The second-order valence-electron chi connectivity index (χ2n) is 8.36. The van der Waals surface area contributed by atoms with E-state index in [1.54, 1.807) is 4.90 Å². The van der Waals surface area contributed by atoms with Crippen molar-refractivity contribution in [3.8, 4) is 0 Å². The van der Waals surface area contributed by atoms with Gasteiger partial charge in [0, 0.05) is 57.1 Å². The Kier molecular flexibility index (Phi) is 5.69. The zero-order chi connectivity index (χ0) is 20.4. The molecule has 6 heteroatoms. The molecular weight excluding hydrogens is 364 g/mol. The molecule has 29 heavy (non-hydrogen) atoms. The Bertz CT molecular complexity index is 865. The third-order valence-corrected chi connectivity index (χ3v) is 6.32. The van der Waals surface area contributed by atoms with Gasteiger partial charge in [-0.2, -0.15) is 0 Å². The molecule has 1 unspecified atom stereocenters. The summed E-state index contributed by atoms with van der Waals surface area (Å²) >= 11 is 0. The normalized spacial score (nSPS) is 20.5. The summed E-state index contributed by atoms with van der Waals surface area (Å²) in [5, 5.41) is 0. The summed E-state index contributed by atoms with van der Waals surface area (Å²) in [5.41, 5.74) is 2.05. The summed E-state index contributed by atoms with van der Waals surface area (Å²) in [6.07, 6.45) is 7.21. The number of nitrogens with zero attached hydrogens (tertiary/aromatic N) is 4. The Balaban J connectivity index is 1.31. The minimum Gasteiger partial charge on any atom is -0.342 e. The molecule has 1 atom stereocenters. The molecule has 0 bridgehead atoms. The van der Waals surface area contributed by atoms with Crippen molar-refractivity contribution in [2.24, 2.45) is 11.8 Å². The number of carbonyl (C=O) groups is 2. The van der Waals surface area contributed by atoms with E-state index in [1.165, 1.54) is 0 Å². The fourth-order valence-corrected chi connectivity index (χ4v) is 4.54. The minimum absolute atomic E-state index is 0.0503. The number of rotatable bonds is 5.